The van der Waals surface area contributed by atoms with Gasteiger partial charge in [0, 0.05) is 19.4 Å². The van der Waals surface area contributed by atoms with Crippen LogP contribution in [0, 0.1) is 0 Å². The van der Waals surface area contributed by atoms with E-state index in [1.807, 2.05) is 30.3 Å². The summed E-state index contributed by atoms with van der Waals surface area (Å²) in [7, 11) is 1.73. The van der Waals surface area contributed by atoms with E-state index in [1.165, 1.54) is 0 Å². The van der Waals surface area contributed by atoms with Crippen molar-refractivity contribution in [3.8, 4) is 5.75 Å². The van der Waals surface area contributed by atoms with E-state index in [4.69, 9.17) is 4.74 Å². The van der Waals surface area contributed by atoms with E-state index < -0.39 is 6.10 Å². The van der Waals surface area contributed by atoms with E-state index in [0.717, 1.165) is 25.0 Å². The first-order chi connectivity index (χ1) is 11.7. The fourth-order valence-corrected chi connectivity index (χ4v) is 3.19. The molecular formula is C19H22N2O3. The zero-order valence-electron chi connectivity index (χ0n) is 13.7. The number of nitrogens with zero attached hydrogens (tertiary/aromatic N) is 2. The molecule has 0 radical (unpaired) electrons. The number of ether oxygens (including phenoxy) is 1. The van der Waals surface area contributed by atoms with Crippen molar-refractivity contribution in [2.75, 3.05) is 7.05 Å². The molecule has 0 unspecified atom stereocenters. The molecule has 1 amide bonds. The van der Waals surface area contributed by atoms with Crippen LogP contribution in [0.1, 0.15) is 29.6 Å². The fraction of sp³-hybridized carbons (Fsp3) is 0.368. The van der Waals surface area contributed by atoms with E-state index in [2.05, 4.69) is 4.98 Å². The molecule has 1 fully saturated rings. The van der Waals surface area contributed by atoms with Crippen LogP contribution in [0.3, 0.4) is 0 Å². The topological polar surface area (TPSA) is 62.7 Å². The van der Waals surface area contributed by atoms with Gasteiger partial charge in [0.1, 0.15) is 18.0 Å². The van der Waals surface area contributed by atoms with Gasteiger partial charge < -0.3 is 14.7 Å². The van der Waals surface area contributed by atoms with Crippen LogP contribution >= 0.6 is 0 Å². The summed E-state index contributed by atoms with van der Waals surface area (Å²) in [6.45, 7) is 0. The molecule has 3 atom stereocenters. The van der Waals surface area contributed by atoms with E-state index in [1.54, 1.807) is 36.5 Å². The number of carbonyl (C=O) groups is 1. The number of para-hydroxylation sites is 1. The monoisotopic (exact) mass is 326 g/mol. The van der Waals surface area contributed by atoms with Crippen molar-refractivity contribution in [2.45, 2.75) is 37.5 Å². The summed E-state index contributed by atoms with van der Waals surface area (Å²) in [5.74, 6) is 0.607. The zero-order valence-corrected chi connectivity index (χ0v) is 13.7. The molecule has 1 heterocycles. The van der Waals surface area contributed by atoms with E-state index >= 15 is 0 Å². The Kier molecular flexibility index (Phi) is 5.11. The Morgan fingerprint density at radius 3 is 2.71 bits per heavy atom. The van der Waals surface area contributed by atoms with Crippen molar-refractivity contribution >= 4 is 5.91 Å². The number of aromatic nitrogens is 1. The van der Waals surface area contributed by atoms with E-state index in [9.17, 15) is 9.90 Å². The van der Waals surface area contributed by atoms with Crippen molar-refractivity contribution in [1.29, 1.82) is 0 Å². The van der Waals surface area contributed by atoms with Crippen LogP contribution in [0.5, 0.6) is 5.75 Å². The summed E-state index contributed by atoms with van der Waals surface area (Å²) in [4.78, 5) is 18.2. The van der Waals surface area contributed by atoms with Crippen LogP contribution in [0.4, 0.5) is 0 Å². The third-order valence-corrected chi connectivity index (χ3v) is 4.52. The Balaban J connectivity index is 1.70. The highest BCUT2D eigenvalue weighted by molar-refractivity contribution is 5.93. The summed E-state index contributed by atoms with van der Waals surface area (Å²) < 4.78 is 5.93. The molecule has 1 saturated carbocycles. The molecule has 0 aliphatic heterocycles. The lowest BCUT2D eigenvalue weighted by Crippen LogP contribution is -2.53. The van der Waals surface area contributed by atoms with Gasteiger partial charge in [0.15, 0.2) is 0 Å². The SMILES string of the molecule is CN(C(=O)c1cccnc1)[C@@H]1CCC[C@H](Oc2ccccc2)[C@H]1O. The fourth-order valence-electron chi connectivity index (χ4n) is 3.19. The minimum absolute atomic E-state index is 0.132. The number of likely N-dealkylation sites (N-methyl/N-ethyl adjacent to an activating group) is 1. The highest BCUT2D eigenvalue weighted by Crippen LogP contribution is 2.27. The first-order valence-electron chi connectivity index (χ1n) is 8.24. The van der Waals surface area contributed by atoms with Gasteiger partial charge in [-0.3, -0.25) is 9.78 Å². The van der Waals surface area contributed by atoms with Crippen LogP contribution < -0.4 is 4.74 Å². The summed E-state index contributed by atoms with van der Waals surface area (Å²) in [5.41, 5.74) is 0.526. The average molecular weight is 326 g/mol. The molecule has 0 saturated heterocycles. The second-order valence-electron chi connectivity index (χ2n) is 6.12. The number of rotatable bonds is 4. The number of hydrogen-bond donors (Lipinski definition) is 1. The second kappa shape index (κ2) is 7.45. The molecule has 2 aromatic rings. The molecule has 1 aromatic heterocycles. The second-order valence-corrected chi connectivity index (χ2v) is 6.12. The van der Waals surface area contributed by atoms with Crippen LogP contribution in [0.25, 0.3) is 0 Å². The molecule has 0 bridgehead atoms. The quantitative estimate of drug-likeness (QED) is 0.938. The number of pyridine rings is 1. The van der Waals surface area contributed by atoms with Gasteiger partial charge in [0.2, 0.25) is 0 Å². The third-order valence-electron chi connectivity index (χ3n) is 4.52. The van der Waals surface area contributed by atoms with E-state index in [0.29, 0.717) is 5.56 Å². The van der Waals surface area contributed by atoms with Gasteiger partial charge in [-0.25, -0.2) is 0 Å². The standard InChI is InChI=1S/C19H22N2O3/c1-21(19(23)14-7-6-12-20-13-14)16-10-5-11-17(18(16)22)24-15-8-3-2-4-9-15/h2-4,6-9,12-13,16-18,22H,5,10-11H2,1H3/t16-,17+,18+/m1/s1. The molecule has 1 aromatic carbocycles. The lowest BCUT2D eigenvalue weighted by Gasteiger charge is -2.39. The number of carbonyl (C=O) groups excluding carboxylic acids is 1. The first-order valence-corrected chi connectivity index (χ1v) is 8.24. The Labute approximate surface area is 141 Å². The summed E-state index contributed by atoms with van der Waals surface area (Å²) in [5, 5.41) is 10.7. The lowest BCUT2D eigenvalue weighted by atomic mass is 9.88. The Morgan fingerprint density at radius 2 is 2.00 bits per heavy atom. The minimum atomic E-state index is -0.718. The van der Waals surface area contributed by atoms with Gasteiger partial charge in [-0.1, -0.05) is 18.2 Å². The van der Waals surface area contributed by atoms with Gasteiger partial charge >= 0.3 is 0 Å². The third kappa shape index (κ3) is 3.57. The van der Waals surface area contributed by atoms with Crippen molar-refractivity contribution < 1.29 is 14.6 Å². The molecule has 1 N–H and O–H groups in total. The summed E-state index contributed by atoms with van der Waals surface area (Å²) in [6.07, 6.45) is 4.60. The van der Waals surface area contributed by atoms with Crippen molar-refractivity contribution in [3.05, 3.63) is 60.4 Å². The summed E-state index contributed by atoms with van der Waals surface area (Å²) in [6, 6.07) is 12.7. The minimum Gasteiger partial charge on any atom is -0.488 e. The van der Waals surface area contributed by atoms with Crippen LogP contribution in [-0.4, -0.2) is 46.2 Å². The van der Waals surface area contributed by atoms with Gasteiger partial charge in [-0.2, -0.15) is 0 Å². The number of aliphatic hydroxyl groups is 1. The first kappa shape index (κ1) is 16.5. The molecule has 5 heteroatoms. The highest BCUT2D eigenvalue weighted by Gasteiger charge is 2.37. The van der Waals surface area contributed by atoms with Crippen LogP contribution in [-0.2, 0) is 0 Å². The maximum atomic E-state index is 12.6. The molecule has 126 valence electrons. The van der Waals surface area contributed by atoms with Gasteiger partial charge in [0.25, 0.3) is 5.91 Å². The maximum absolute atomic E-state index is 12.6. The number of aliphatic hydroxyl groups excluding tert-OH is 1. The average Bonchev–Trinajstić information content (AvgIpc) is 2.64. The molecule has 5 nitrogen and oxygen atoms in total. The molecule has 24 heavy (non-hydrogen) atoms. The van der Waals surface area contributed by atoms with Crippen LogP contribution in [0.15, 0.2) is 54.9 Å². The number of benzene rings is 1. The van der Waals surface area contributed by atoms with Gasteiger partial charge in [-0.05, 0) is 43.5 Å². The Hall–Kier alpha value is -2.40. The predicted octanol–water partition coefficient (Wildman–Crippen LogP) is 2.51. The normalized spacial score (nSPS) is 23.5. The van der Waals surface area contributed by atoms with Gasteiger partial charge in [0.05, 0.1) is 11.6 Å². The van der Waals surface area contributed by atoms with Gasteiger partial charge in [-0.15, -0.1) is 0 Å². The Morgan fingerprint density at radius 1 is 1.21 bits per heavy atom. The van der Waals surface area contributed by atoms with E-state index in [-0.39, 0.29) is 18.1 Å². The van der Waals surface area contributed by atoms with Crippen LogP contribution in [0.2, 0.25) is 0 Å². The molecule has 1 aliphatic rings. The molecular weight excluding hydrogens is 304 g/mol. The Bertz CT molecular complexity index is 663. The maximum Gasteiger partial charge on any atom is 0.255 e. The lowest BCUT2D eigenvalue weighted by molar-refractivity contribution is -0.0413. The zero-order chi connectivity index (χ0) is 16.9. The number of amides is 1. The largest absolute Gasteiger partial charge is 0.488 e. The van der Waals surface area contributed by atoms with Crippen molar-refractivity contribution in [2.24, 2.45) is 0 Å². The molecule has 3 rings (SSSR count). The smallest absolute Gasteiger partial charge is 0.255 e. The van der Waals surface area contributed by atoms with Crippen molar-refractivity contribution in [3.63, 3.8) is 0 Å². The molecule has 1 aliphatic carbocycles. The summed E-state index contributed by atoms with van der Waals surface area (Å²) >= 11 is 0. The van der Waals surface area contributed by atoms with Crippen molar-refractivity contribution in [1.82, 2.24) is 9.88 Å². The highest BCUT2D eigenvalue weighted by atomic mass is 16.5. The predicted molar refractivity (Wildman–Crippen MR) is 90.8 cm³/mol. The number of hydrogen-bond acceptors (Lipinski definition) is 4. The molecule has 0 spiro atoms.